The van der Waals surface area contributed by atoms with E-state index in [4.69, 9.17) is 0 Å². The monoisotopic (exact) mass is 366 g/mol. The van der Waals surface area contributed by atoms with Crippen molar-refractivity contribution in [2.75, 3.05) is 17.7 Å². The number of anilines is 3. The summed E-state index contributed by atoms with van der Waals surface area (Å²) in [6.07, 6.45) is 2.63. The van der Waals surface area contributed by atoms with E-state index < -0.39 is 17.7 Å². The number of hydrogen-bond donors (Lipinski definition) is 2. The average molecular weight is 366 g/mol. The Morgan fingerprint density at radius 2 is 1.74 bits per heavy atom. The Bertz CT molecular complexity index is 977. The highest BCUT2D eigenvalue weighted by Crippen LogP contribution is 2.16. The van der Waals surface area contributed by atoms with Crippen molar-refractivity contribution >= 4 is 29.2 Å². The van der Waals surface area contributed by atoms with Crippen LogP contribution < -0.4 is 10.6 Å². The maximum atomic E-state index is 13.6. The fraction of sp³-hybridized carbons (Fsp3) is 0.0526. The molecule has 0 aliphatic heterocycles. The Morgan fingerprint density at radius 3 is 2.44 bits per heavy atom. The highest BCUT2D eigenvalue weighted by molar-refractivity contribution is 6.04. The predicted molar refractivity (Wildman–Crippen MR) is 97.4 cm³/mol. The van der Waals surface area contributed by atoms with E-state index >= 15 is 0 Å². The van der Waals surface area contributed by atoms with E-state index in [2.05, 4.69) is 25.3 Å². The topological polar surface area (TPSA) is 93.2 Å². The number of esters is 1. The molecular weight excluding hydrogens is 351 g/mol. The lowest BCUT2D eigenvalue weighted by Gasteiger charge is -2.08. The zero-order valence-corrected chi connectivity index (χ0v) is 14.3. The van der Waals surface area contributed by atoms with Crippen LogP contribution in [0.15, 0.2) is 60.9 Å². The summed E-state index contributed by atoms with van der Waals surface area (Å²) in [6, 6.07) is 12.5. The van der Waals surface area contributed by atoms with Crippen molar-refractivity contribution in [3.05, 3.63) is 77.9 Å². The maximum absolute atomic E-state index is 13.6. The van der Waals surface area contributed by atoms with Crippen LogP contribution in [0, 0.1) is 5.82 Å². The van der Waals surface area contributed by atoms with Crippen LogP contribution in [0.1, 0.15) is 20.7 Å². The fourth-order valence-corrected chi connectivity index (χ4v) is 2.24. The van der Waals surface area contributed by atoms with Gasteiger partial charge >= 0.3 is 5.97 Å². The first-order chi connectivity index (χ1) is 13.1. The number of ether oxygens (including phenoxy) is 1. The maximum Gasteiger partial charge on any atom is 0.337 e. The molecule has 1 amide bonds. The molecule has 0 aliphatic rings. The van der Waals surface area contributed by atoms with Crippen LogP contribution in [0.2, 0.25) is 0 Å². The molecule has 0 saturated carbocycles. The number of methoxy groups -OCH3 is 1. The van der Waals surface area contributed by atoms with E-state index in [1.165, 1.54) is 37.7 Å². The number of rotatable bonds is 5. The van der Waals surface area contributed by atoms with Crippen LogP contribution in [-0.4, -0.2) is 29.0 Å². The second-order valence-corrected chi connectivity index (χ2v) is 5.43. The van der Waals surface area contributed by atoms with Crippen LogP contribution in [0.3, 0.4) is 0 Å². The van der Waals surface area contributed by atoms with Gasteiger partial charge in [0.1, 0.15) is 5.82 Å². The van der Waals surface area contributed by atoms with Gasteiger partial charge in [-0.1, -0.05) is 18.2 Å². The van der Waals surface area contributed by atoms with Gasteiger partial charge in [0, 0.05) is 18.1 Å². The van der Waals surface area contributed by atoms with Crippen molar-refractivity contribution in [3.8, 4) is 0 Å². The summed E-state index contributed by atoms with van der Waals surface area (Å²) >= 11 is 0. The van der Waals surface area contributed by atoms with Gasteiger partial charge in [-0.2, -0.15) is 0 Å². The third kappa shape index (κ3) is 4.43. The summed E-state index contributed by atoms with van der Waals surface area (Å²) in [5.41, 5.74) is 1.21. The van der Waals surface area contributed by atoms with Crippen LogP contribution in [-0.2, 0) is 4.74 Å². The second-order valence-electron chi connectivity index (χ2n) is 5.43. The number of hydrogen-bond acceptors (Lipinski definition) is 6. The highest BCUT2D eigenvalue weighted by atomic mass is 19.1. The molecule has 1 heterocycles. The van der Waals surface area contributed by atoms with Gasteiger partial charge in [-0.3, -0.25) is 4.79 Å². The fourth-order valence-electron chi connectivity index (χ4n) is 2.24. The molecule has 0 radical (unpaired) electrons. The molecule has 0 atom stereocenters. The van der Waals surface area contributed by atoms with Crippen LogP contribution in [0.5, 0.6) is 0 Å². The smallest absolute Gasteiger partial charge is 0.337 e. The van der Waals surface area contributed by atoms with Crippen LogP contribution in [0.4, 0.5) is 21.7 Å². The minimum atomic E-state index is -0.532. The van der Waals surface area contributed by atoms with E-state index in [-0.39, 0.29) is 17.2 Å². The van der Waals surface area contributed by atoms with Crippen molar-refractivity contribution in [2.24, 2.45) is 0 Å². The molecule has 0 unspecified atom stereocenters. The number of para-hydroxylation sites is 1. The van der Waals surface area contributed by atoms with Gasteiger partial charge in [-0.05, 0) is 30.3 Å². The Balaban J connectivity index is 1.69. The molecule has 136 valence electrons. The molecule has 2 N–H and O–H groups in total. The minimum absolute atomic E-state index is 0.0735. The van der Waals surface area contributed by atoms with Gasteiger partial charge < -0.3 is 15.4 Å². The third-order valence-corrected chi connectivity index (χ3v) is 3.58. The summed E-state index contributed by atoms with van der Waals surface area (Å²) < 4.78 is 18.3. The van der Waals surface area contributed by atoms with Gasteiger partial charge in [-0.15, -0.1) is 0 Å². The number of carbonyl (C=O) groups excluding carboxylic acids is 2. The van der Waals surface area contributed by atoms with Crippen molar-refractivity contribution in [2.45, 2.75) is 0 Å². The van der Waals surface area contributed by atoms with Gasteiger partial charge in [-0.25, -0.2) is 19.2 Å². The summed E-state index contributed by atoms with van der Waals surface area (Å²) in [7, 11) is 1.30. The Kier molecular flexibility index (Phi) is 5.36. The van der Waals surface area contributed by atoms with Gasteiger partial charge in [0.15, 0.2) is 0 Å². The Labute approximate surface area is 154 Å². The molecule has 3 aromatic rings. The number of aromatic nitrogens is 2. The van der Waals surface area contributed by atoms with Gasteiger partial charge in [0.05, 0.1) is 23.9 Å². The van der Waals surface area contributed by atoms with Crippen molar-refractivity contribution in [3.63, 3.8) is 0 Å². The SMILES string of the molecule is COC(=O)c1cccc(Nc2ncc(C(=O)Nc3ccccc3F)cn2)c1. The summed E-state index contributed by atoms with van der Waals surface area (Å²) in [5, 5.41) is 5.38. The lowest BCUT2D eigenvalue weighted by atomic mass is 10.2. The quantitative estimate of drug-likeness (QED) is 0.672. The summed E-state index contributed by atoms with van der Waals surface area (Å²) in [4.78, 5) is 31.8. The molecule has 3 rings (SSSR count). The average Bonchev–Trinajstić information content (AvgIpc) is 2.70. The highest BCUT2D eigenvalue weighted by Gasteiger charge is 2.11. The first kappa shape index (κ1) is 18.0. The standard InChI is InChI=1S/C19H15FN4O3/c1-27-18(26)12-5-4-6-14(9-12)23-19-21-10-13(11-22-19)17(25)24-16-8-3-2-7-15(16)20/h2-11H,1H3,(H,24,25)(H,21,22,23). The van der Waals surface area contributed by atoms with E-state index in [0.717, 1.165) is 0 Å². The summed E-state index contributed by atoms with van der Waals surface area (Å²) in [6.45, 7) is 0. The largest absolute Gasteiger partial charge is 0.465 e. The molecule has 27 heavy (non-hydrogen) atoms. The van der Waals surface area contributed by atoms with E-state index in [9.17, 15) is 14.0 Å². The number of nitrogens with one attached hydrogen (secondary N) is 2. The zero-order valence-electron chi connectivity index (χ0n) is 14.3. The number of nitrogens with zero attached hydrogens (tertiary/aromatic N) is 2. The first-order valence-corrected chi connectivity index (χ1v) is 7.90. The number of carbonyl (C=O) groups is 2. The van der Waals surface area contributed by atoms with Crippen molar-refractivity contribution < 1.29 is 18.7 Å². The van der Waals surface area contributed by atoms with E-state index in [1.54, 1.807) is 30.3 Å². The number of benzene rings is 2. The predicted octanol–water partition coefficient (Wildman–Crippen LogP) is 3.40. The molecule has 0 fully saturated rings. The molecule has 0 spiro atoms. The zero-order chi connectivity index (χ0) is 19.2. The first-order valence-electron chi connectivity index (χ1n) is 7.90. The molecule has 7 nitrogen and oxygen atoms in total. The molecule has 1 aromatic heterocycles. The molecule has 0 bridgehead atoms. The minimum Gasteiger partial charge on any atom is -0.465 e. The molecule has 0 aliphatic carbocycles. The molecular formula is C19H15FN4O3. The Morgan fingerprint density at radius 1 is 1.00 bits per heavy atom. The number of amides is 1. The second kappa shape index (κ2) is 8.05. The van der Waals surface area contributed by atoms with Crippen LogP contribution in [0.25, 0.3) is 0 Å². The van der Waals surface area contributed by atoms with Crippen molar-refractivity contribution in [1.29, 1.82) is 0 Å². The summed E-state index contributed by atoms with van der Waals surface area (Å²) in [5.74, 6) is -1.28. The Hall–Kier alpha value is -3.81. The third-order valence-electron chi connectivity index (χ3n) is 3.58. The van der Waals surface area contributed by atoms with Crippen LogP contribution >= 0.6 is 0 Å². The van der Waals surface area contributed by atoms with E-state index in [1.807, 2.05) is 0 Å². The number of halogens is 1. The van der Waals surface area contributed by atoms with Crippen molar-refractivity contribution in [1.82, 2.24) is 9.97 Å². The molecule has 8 heteroatoms. The molecule has 0 saturated heterocycles. The lowest BCUT2D eigenvalue weighted by Crippen LogP contribution is -2.14. The van der Waals surface area contributed by atoms with Gasteiger partial charge in [0.25, 0.3) is 5.91 Å². The van der Waals surface area contributed by atoms with E-state index in [0.29, 0.717) is 11.3 Å². The normalized spacial score (nSPS) is 10.1. The lowest BCUT2D eigenvalue weighted by molar-refractivity contribution is 0.0600. The van der Waals surface area contributed by atoms with Gasteiger partial charge in [0.2, 0.25) is 5.95 Å². The molecule has 2 aromatic carbocycles.